The van der Waals surface area contributed by atoms with Gasteiger partial charge in [0.1, 0.15) is 23.0 Å². The van der Waals surface area contributed by atoms with Crippen LogP contribution in [0.4, 0.5) is 18.9 Å². The Labute approximate surface area is 240 Å². The number of likely N-dealkylation sites (N-methyl/N-ethyl adjacent to an activating group) is 1. The maximum atomic E-state index is 14.8. The topological polar surface area (TPSA) is 95.9 Å². The Balaban J connectivity index is 1.77. The number of para-hydroxylation sites is 1. The van der Waals surface area contributed by atoms with E-state index in [9.17, 15) is 27.9 Å². The number of carbonyl (C=O) groups excluding carboxylic acids is 1. The first-order chi connectivity index (χ1) is 20.0. The second kappa shape index (κ2) is 11.2. The summed E-state index contributed by atoms with van der Waals surface area (Å²) in [5, 5.41) is 10.7. The minimum absolute atomic E-state index is 0.163. The molecule has 0 radical (unpaired) electrons. The molecule has 0 bridgehead atoms. The lowest BCUT2D eigenvalue weighted by Crippen LogP contribution is -2.59. The third-order valence-corrected chi connectivity index (χ3v) is 7.31. The number of hydrogen-bond donors (Lipinski definition) is 1. The number of hydrogen-bond acceptors (Lipinski definition) is 6. The summed E-state index contributed by atoms with van der Waals surface area (Å²) in [7, 11) is 1.58. The molecule has 1 aromatic heterocycles. The Morgan fingerprint density at radius 1 is 0.976 bits per heavy atom. The van der Waals surface area contributed by atoms with Gasteiger partial charge in [0.15, 0.2) is 0 Å². The lowest BCUT2D eigenvalue weighted by molar-refractivity contribution is -0.153. The molecule has 1 aliphatic heterocycles. The Hall–Kier alpha value is -4.77. The number of carboxylic acids is 1. The highest BCUT2D eigenvalue weighted by atomic mass is 19.1. The average Bonchev–Trinajstić information content (AvgIpc) is 3.01. The molecular formula is C31H27F3N4O4. The zero-order chi connectivity index (χ0) is 30.2. The fraction of sp³-hybridized carbons (Fsp3) is 0.226. The van der Waals surface area contributed by atoms with Crippen LogP contribution in [0.3, 0.4) is 0 Å². The van der Waals surface area contributed by atoms with Gasteiger partial charge in [0.25, 0.3) is 0 Å². The molecule has 8 nitrogen and oxygen atoms in total. The molecule has 1 N–H and O–H groups in total. The molecule has 1 amide bonds. The van der Waals surface area contributed by atoms with E-state index in [1.165, 1.54) is 4.90 Å². The van der Waals surface area contributed by atoms with Crippen LogP contribution >= 0.6 is 0 Å². The van der Waals surface area contributed by atoms with Crippen molar-refractivity contribution < 1.29 is 32.6 Å². The molecule has 0 fully saturated rings. The lowest BCUT2D eigenvalue weighted by Gasteiger charge is -2.44. The molecule has 2 unspecified atom stereocenters. The number of carbonyl (C=O) groups is 2. The summed E-state index contributed by atoms with van der Waals surface area (Å²) in [5.74, 6) is -5.32. The van der Waals surface area contributed by atoms with Crippen LogP contribution in [-0.4, -0.2) is 51.5 Å². The average molecular weight is 577 g/mol. The van der Waals surface area contributed by atoms with Gasteiger partial charge in [-0.2, -0.15) is 0 Å². The molecule has 2 atom stereocenters. The highest BCUT2D eigenvalue weighted by Crippen LogP contribution is 2.46. The molecule has 42 heavy (non-hydrogen) atoms. The van der Waals surface area contributed by atoms with Crippen LogP contribution in [0.1, 0.15) is 28.1 Å². The predicted octanol–water partition coefficient (Wildman–Crippen LogP) is 4.77. The van der Waals surface area contributed by atoms with Gasteiger partial charge in [-0.15, -0.1) is 0 Å². The minimum atomic E-state index is -1.70. The van der Waals surface area contributed by atoms with E-state index in [1.807, 2.05) is 0 Å². The molecule has 11 heteroatoms. The Kier molecular flexibility index (Phi) is 7.70. The molecule has 0 aliphatic carbocycles. The number of aliphatic carboxylic acids is 1. The van der Waals surface area contributed by atoms with Crippen LogP contribution in [0.5, 0.6) is 6.01 Å². The molecule has 2 heterocycles. The largest absolute Gasteiger partial charge is 0.478 e. The highest BCUT2D eigenvalue weighted by Gasteiger charge is 2.55. The lowest BCUT2D eigenvalue weighted by atomic mass is 9.76. The standard InChI is InChI=1S/C31H27F3N4O4/c1-18-13-19(2)36-30(35-18)42-28(29(40)41)31(20-9-5-4-6-10-20)23-11-7-8-12-26(23)38(27(39)17-37(31)3)16-22-24(33)14-21(32)15-25(22)34/h4-15,28H,16-17H2,1-3H3,(H,40,41). The van der Waals surface area contributed by atoms with Gasteiger partial charge in [-0.05, 0) is 38.6 Å². The van der Waals surface area contributed by atoms with E-state index in [2.05, 4.69) is 9.97 Å². The molecule has 0 spiro atoms. The zero-order valence-electron chi connectivity index (χ0n) is 23.0. The van der Waals surface area contributed by atoms with Crippen LogP contribution in [0.15, 0.2) is 72.8 Å². The summed E-state index contributed by atoms with van der Waals surface area (Å²) in [6.45, 7) is 2.52. The number of rotatable bonds is 7. The van der Waals surface area contributed by atoms with Gasteiger partial charge < -0.3 is 14.7 Å². The van der Waals surface area contributed by atoms with E-state index < -0.39 is 53.1 Å². The number of carboxylic acid groups (broad SMARTS) is 1. The van der Waals surface area contributed by atoms with E-state index in [4.69, 9.17) is 4.74 Å². The summed E-state index contributed by atoms with van der Waals surface area (Å²) in [5.41, 5.74) is -0.0343. The van der Waals surface area contributed by atoms with E-state index in [-0.39, 0.29) is 18.2 Å². The first-order valence-corrected chi connectivity index (χ1v) is 13.0. The molecule has 5 rings (SSSR count). The van der Waals surface area contributed by atoms with Crippen LogP contribution in [0.25, 0.3) is 0 Å². The Morgan fingerprint density at radius 2 is 1.57 bits per heavy atom. The van der Waals surface area contributed by atoms with Crippen LogP contribution in [-0.2, 0) is 21.7 Å². The third kappa shape index (κ3) is 5.07. The maximum Gasteiger partial charge on any atom is 0.347 e. The van der Waals surface area contributed by atoms with E-state index >= 15 is 0 Å². The quantitative estimate of drug-likeness (QED) is 0.339. The third-order valence-electron chi connectivity index (χ3n) is 7.31. The smallest absolute Gasteiger partial charge is 0.347 e. The van der Waals surface area contributed by atoms with Crippen LogP contribution in [0.2, 0.25) is 0 Å². The summed E-state index contributed by atoms with van der Waals surface area (Å²) >= 11 is 0. The van der Waals surface area contributed by atoms with Gasteiger partial charge in [-0.1, -0.05) is 48.5 Å². The Morgan fingerprint density at radius 3 is 2.19 bits per heavy atom. The number of amides is 1. The van der Waals surface area contributed by atoms with Crippen molar-refractivity contribution in [2.45, 2.75) is 32.0 Å². The van der Waals surface area contributed by atoms with Gasteiger partial charge in [0.05, 0.1) is 13.1 Å². The van der Waals surface area contributed by atoms with Gasteiger partial charge in [0.2, 0.25) is 12.0 Å². The maximum absolute atomic E-state index is 14.8. The minimum Gasteiger partial charge on any atom is -0.478 e. The van der Waals surface area contributed by atoms with Crippen molar-refractivity contribution in [3.05, 3.63) is 118 Å². The SMILES string of the molecule is Cc1cc(C)nc(OC(C(=O)O)C2(c3ccccc3)c3ccccc3N(Cc3c(F)cc(F)cc3F)C(=O)CN2C)n1. The number of aryl methyl sites for hydroxylation is 2. The number of ether oxygens (including phenoxy) is 1. The van der Waals surface area contributed by atoms with Crippen molar-refractivity contribution >= 4 is 17.6 Å². The van der Waals surface area contributed by atoms with Crippen molar-refractivity contribution in [1.29, 1.82) is 0 Å². The monoisotopic (exact) mass is 576 g/mol. The fourth-order valence-electron chi connectivity index (χ4n) is 5.57. The number of aromatic nitrogens is 2. The van der Waals surface area contributed by atoms with Crippen LogP contribution in [0, 0.1) is 31.3 Å². The first kappa shape index (κ1) is 28.7. The van der Waals surface area contributed by atoms with Crippen molar-refractivity contribution in [1.82, 2.24) is 14.9 Å². The van der Waals surface area contributed by atoms with Gasteiger partial charge in [-0.3, -0.25) is 9.69 Å². The molecule has 4 aromatic rings. The Bertz CT molecular complexity index is 1630. The summed E-state index contributed by atoms with van der Waals surface area (Å²) in [6, 6.07) is 17.8. The molecule has 3 aromatic carbocycles. The van der Waals surface area contributed by atoms with E-state index in [0.717, 1.165) is 0 Å². The molecule has 1 aliphatic rings. The van der Waals surface area contributed by atoms with E-state index in [1.54, 1.807) is 86.5 Å². The van der Waals surface area contributed by atoms with Gasteiger partial charge in [-0.25, -0.2) is 27.9 Å². The fourth-order valence-corrected chi connectivity index (χ4v) is 5.57. The van der Waals surface area contributed by atoms with E-state index in [0.29, 0.717) is 34.6 Å². The van der Waals surface area contributed by atoms with Crippen molar-refractivity contribution in [2.75, 3.05) is 18.5 Å². The first-order valence-electron chi connectivity index (χ1n) is 13.0. The highest BCUT2D eigenvalue weighted by molar-refractivity contribution is 5.97. The number of nitrogens with zero attached hydrogens (tertiary/aromatic N) is 4. The molecule has 216 valence electrons. The van der Waals surface area contributed by atoms with Gasteiger partial charge in [0, 0.05) is 40.3 Å². The van der Waals surface area contributed by atoms with Crippen molar-refractivity contribution in [3.63, 3.8) is 0 Å². The second-order valence-corrected chi connectivity index (χ2v) is 10.1. The molecular weight excluding hydrogens is 549 g/mol. The second-order valence-electron chi connectivity index (χ2n) is 10.1. The number of anilines is 1. The number of halogens is 3. The summed E-state index contributed by atoms with van der Waals surface area (Å²) < 4.78 is 49.3. The number of benzene rings is 3. The number of fused-ring (bicyclic) bond motifs is 1. The van der Waals surface area contributed by atoms with Gasteiger partial charge >= 0.3 is 12.0 Å². The zero-order valence-corrected chi connectivity index (χ0v) is 23.0. The summed E-state index contributed by atoms with van der Waals surface area (Å²) in [6.07, 6.45) is -1.70. The summed E-state index contributed by atoms with van der Waals surface area (Å²) in [4.78, 5) is 38.2. The molecule has 0 saturated carbocycles. The van der Waals surface area contributed by atoms with Crippen molar-refractivity contribution in [2.24, 2.45) is 0 Å². The normalized spacial score (nSPS) is 17.9. The predicted molar refractivity (Wildman–Crippen MR) is 147 cm³/mol. The molecule has 0 saturated heterocycles. The van der Waals surface area contributed by atoms with Crippen molar-refractivity contribution in [3.8, 4) is 6.01 Å². The van der Waals surface area contributed by atoms with Crippen LogP contribution < -0.4 is 9.64 Å².